The Morgan fingerprint density at radius 3 is 2.74 bits per heavy atom. The molecule has 0 aliphatic carbocycles. The number of anilines is 1. The first-order chi connectivity index (χ1) is 9.22. The van der Waals surface area contributed by atoms with Gasteiger partial charge in [-0.15, -0.1) is 0 Å². The molecule has 0 radical (unpaired) electrons. The fourth-order valence-corrected chi connectivity index (χ4v) is 2.46. The Balaban J connectivity index is 2.83. The molecular weight excluding hydrogens is 304 g/mol. The average Bonchev–Trinajstić information content (AvgIpc) is 2.41. The van der Waals surface area contributed by atoms with Crippen molar-refractivity contribution in [1.29, 1.82) is 0 Å². The fourth-order valence-electron chi connectivity index (χ4n) is 2.05. The Morgan fingerprint density at radius 1 is 1.32 bits per heavy atom. The van der Waals surface area contributed by atoms with E-state index in [1.807, 2.05) is 0 Å². The molecule has 0 amide bonds. The first kappa shape index (κ1) is 16.5. The van der Waals surface area contributed by atoms with Crippen LogP contribution in [-0.2, 0) is 11.3 Å². The number of nitrogens with zero attached hydrogens (tertiary/aromatic N) is 1. The van der Waals surface area contributed by atoms with Gasteiger partial charge in [0.15, 0.2) is 0 Å². The third-order valence-corrected chi connectivity index (χ3v) is 3.56. The van der Waals surface area contributed by atoms with Crippen LogP contribution in [0.15, 0.2) is 22.7 Å². The maximum atomic E-state index is 5.19. The van der Waals surface area contributed by atoms with Crippen molar-refractivity contribution in [3.63, 3.8) is 0 Å². The zero-order chi connectivity index (χ0) is 14.1. The number of halogens is 1. The van der Waals surface area contributed by atoms with Gasteiger partial charge in [0.1, 0.15) is 0 Å². The standard InChI is InChI=1S/C15H25BrN2O/c1-4-8-17-12-13-11-14(16)6-7-15(13)18(5-2)9-10-19-3/h6-7,11,17H,4-5,8-10,12H2,1-3H3. The molecule has 0 aromatic heterocycles. The molecule has 1 aromatic rings. The number of methoxy groups -OCH3 is 1. The van der Waals surface area contributed by atoms with E-state index in [9.17, 15) is 0 Å². The Morgan fingerprint density at radius 2 is 2.11 bits per heavy atom. The first-order valence-corrected chi connectivity index (χ1v) is 7.75. The van der Waals surface area contributed by atoms with Gasteiger partial charge in [-0.05, 0) is 43.7 Å². The van der Waals surface area contributed by atoms with Crippen molar-refractivity contribution in [3.05, 3.63) is 28.2 Å². The highest BCUT2D eigenvalue weighted by Gasteiger charge is 2.10. The molecule has 0 heterocycles. The molecule has 4 heteroatoms. The molecule has 19 heavy (non-hydrogen) atoms. The molecule has 1 rings (SSSR count). The fraction of sp³-hybridized carbons (Fsp3) is 0.600. The largest absolute Gasteiger partial charge is 0.383 e. The summed E-state index contributed by atoms with van der Waals surface area (Å²) in [5, 5.41) is 3.48. The van der Waals surface area contributed by atoms with E-state index in [1.54, 1.807) is 7.11 Å². The summed E-state index contributed by atoms with van der Waals surface area (Å²) in [6, 6.07) is 6.49. The molecule has 0 unspecified atom stereocenters. The van der Waals surface area contributed by atoms with Gasteiger partial charge in [-0.3, -0.25) is 0 Å². The highest BCUT2D eigenvalue weighted by Crippen LogP contribution is 2.24. The van der Waals surface area contributed by atoms with Crippen molar-refractivity contribution in [2.45, 2.75) is 26.8 Å². The van der Waals surface area contributed by atoms with Crippen molar-refractivity contribution in [2.24, 2.45) is 0 Å². The van der Waals surface area contributed by atoms with Crippen molar-refractivity contribution in [3.8, 4) is 0 Å². The van der Waals surface area contributed by atoms with Crippen LogP contribution in [0.4, 0.5) is 5.69 Å². The zero-order valence-corrected chi connectivity index (χ0v) is 13.8. The van der Waals surface area contributed by atoms with Crippen LogP contribution in [0.2, 0.25) is 0 Å². The second kappa shape index (κ2) is 9.34. The topological polar surface area (TPSA) is 24.5 Å². The van der Waals surface area contributed by atoms with Gasteiger partial charge in [0.25, 0.3) is 0 Å². The average molecular weight is 329 g/mol. The number of ether oxygens (including phenoxy) is 1. The molecule has 0 aliphatic heterocycles. The van der Waals surface area contributed by atoms with Crippen molar-refractivity contribution >= 4 is 21.6 Å². The zero-order valence-electron chi connectivity index (χ0n) is 12.2. The normalized spacial score (nSPS) is 10.7. The summed E-state index contributed by atoms with van der Waals surface area (Å²) in [6.07, 6.45) is 1.16. The summed E-state index contributed by atoms with van der Waals surface area (Å²) >= 11 is 3.56. The number of rotatable bonds is 9. The molecule has 0 saturated carbocycles. The Hall–Kier alpha value is -0.580. The van der Waals surface area contributed by atoms with E-state index in [4.69, 9.17) is 4.74 Å². The number of benzene rings is 1. The molecule has 0 atom stereocenters. The van der Waals surface area contributed by atoms with E-state index in [0.29, 0.717) is 0 Å². The summed E-state index contributed by atoms with van der Waals surface area (Å²) in [7, 11) is 1.75. The highest BCUT2D eigenvalue weighted by molar-refractivity contribution is 9.10. The van der Waals surface area contributed by atoms with E-state index in [-0.39, 0.29) is 0 Å². The van der Waals surface area contributed by atoms with Crippen LogP contribution in [0.5, 0.6) is 0 Å². The van der Waals surface area contributed by atoms with Gasteiger partial charge in [0.2, 0.25) is 0 Å². The van der Waals surface area contributed by atoms with Crippen LogP contribution in [0.3, 0.4) is 0 Å². The van der Waals surface area contributed by atoms with Gasteiger partial charge in [-0.1, -0.05) is 22.9 Å². The predicted octanol–water partition coefficient (Wildman–Crippen LogP) is 3.42. The minimum Gasteiger partial charge on any atom is -0.383 e. The summed E-state index contributed by atoms with van der Waals surface area (Å²) < 4.78 is 6.32. The minimum absolute atomic E-state index is 0.756. The van der Waals surface area contributed by atoms with Gasteiger partial charge in [0.05, 0.1) is 6.61 Å². The summed E-state index contributed by atoms with van der Waals surface area (Å²) in [5.41, 5.74) is 2.63. The van der Waals surface area contributed by atoms with Gasteiger partial charge >= 0.3 is 0 Å². The van der Waals surface area contributed by atoms with Crippen molar-refractivity contribution in [2.75, 3.05) is 38.3 Å². The summed E-state index contributed by atoms with van der Waals surface area (Å²) in [4.78, 5) is 2.36. The van der Waals surface area contributed by atoms with Crippen molar-refractivity contribution in [1.82, 2.24) is 5.32 Å². The first-order valence-electron chi connectivity index (χ1n) is 6.95. The van der Waals surface area contributed by atoms with Crippen LogP contribution in [-0.4, -0.2) is 33.4 Å². The monoisotopic (exact) mass is 328 g/mol. The second-order valence-corrected chi connectivity index (χ2v) is 5.44. The maximum Gasteiger partial charge on any atom is 0.0637 e. The smallest absolute Gasteiger partial charge is 0.0637 e. The van der Waals surface area contributed by atoms with Crippen LogP contribution < -0.4 is 10.2 Å². The number of hydrogen-bond acceptors (Lipinski definition) is 3. The number of likely N-dealkylation sites (N-methyl/N-ethyl adjacent to an activating group) is 1. The third kappa shape index (κ3) is 5.51. The van der Waals surface area contributed by atoms with E-state index < -0.39 is 0 Å². The minimum atomic E-state index is 0.756. The molecule has 0 saturated heterocycles. The third-order valence-electron chi connectivity index (χ3n) is 3.07. The maximum absolute atomic E-state index is 5.19. The summed E-state index contributed by atoms with van der Waals surface area (Å²) in [5.74, 6) is 0. The molecule has 1 N–H and O–H groups in total. The molecule has 108 valence electrons. The van der Waals surface area contributed by atoms with Gasteiger partial charge in [0, 0.05) is 36.9 Å². The van der Waals surface area contributed by atoms with Crippen LogP contribution in [0.25, 0.3) is 0 Å². The van der Waals surface area contributed by atoms with E-state index in [1.165, 1.54) is 11.3 Å². The molecule has 0 spiro atoms. The number of hydrogen-bond donors (Lipinski definition) is 1. The van der Waals surface area contributed by atoms with E-state index in [0.717, 1.165) is 43.7 Å². The predicted molar refractivity (Wildman–Crippen MR) is 85.9 cm³/mol. The molecule has 3 nitrogen and oxygen atoms in total. The SMILES string of the molecule is CCCNCc1cc(Br)ccc1N(CC)CCOC. The Bertz CT molecular complexity index is 371. The lowest BCUT2D eigenvalue weighted by Gasteiger charge is -2.26. The van der Waals surface area contributed by atoms with Gasteiger partial charge in [-0.2, -0.15) is 0 Å². The lowest BCUT2D eigenvalue weighted by atomic mass is 10.1. The lowest BCUT2D eigenvalue weighted by Crippen LogP contribution is -2.28. The molecule has 0 aliphatic rings. The quantitative estimate of drug-likeness (QED) is 0.703. The van der Waals surface area contributed by atoms with Crippen LogP contribution in [0.1, 0.15) is 25.8 Å². The summed E-state index contributed by atoms with van der Waals surface area (Å²) in [6.45, 7) is 9.00. The van der Waals surface area contributed by atoms with Gasteiger partial charge in [-0.25, -0.2) is 0 Å². The Kier molecular flexibility index (Phi) is 8.10. The van der Waals surface area contributed by atoms with E-state index >= 15 is 0 Å². The highest BCUT2D eigenvalue weighted by atomic mass is 79.9. The molecule has 0 bridgehead atoms. The number of nitrogens with one attached hydrogen (secondary N) is 1. The molecule has 0 fully saturated rings. The van der Waals surface area contributed by atoms with Gasteiger partial charge < -0.3 is 15.0 Å². The molecular formula is C15H25BrN2O. The Labute approximate surface area is 125 Å². The van der Waals surface area contributed by atoms with Crippen LogP contribution in [0, 0.1) is 0 Å². The van der Waals surface area contributed by atoms with Crippen LogP contribution >= 0.6 is 15.9 Å². The second-order valence-electron chi connectivity index (χ2n) is 4.52. The lowest BCUT2D eigenvalue weighted by molar-refractivity contribution is 0.205. The van der Waals surface area contributed by atoms with E-state index in [2.05, 4.69) is 58.2 Å². The van der Waals surface area contributed by atoms with Crippen molar-refractivity contribution < 1.29 is 4.74 Å². The molecule has 1 aromatic carbocycles.